The van der Waals surface area contributed by atoms with Crippen molar-refractivity contribution in [1.29, 1.82) is 0 Å². The maximum Gasteiger partial charge on any atom is 0.266 e. The summed E-state index contributed by atoms with van der Waals surface area (Å²) in [6, 6.07) is 7.05. The summed E-state index contributed by atoms with van der Waals surface area (Å²) in [7, 11) is 1.52. The Balaban J connectivity index is 1.56. The van der Waals surface area contributed by atoms with E-state index in [9.17, 15) is 14.4 Å². The minimum absolute atomic E-state index is 0.202. The average Bonchev–Trinajstić information content (AvgIpc) is 3.41. The first-order valence-electron chi connectivity index (χ1n) is 10.3. The van der Waals surface area contributed by atoms with Crippen molar-refractivity contribution in [1.82, 2.24) is 19.7 Å². The molecule has 1 aromatic carbocycles. The molecule has 10 nitrogen and oxygen atoms in total. The highest BCUT2D eigenvalue weighted by atomic mass is 32.1. The van der Waals surface area contributed by atoms with Crippen molar-refractivity contribution < 1.29 is 14.3 Å². The number of aromatic nitrogens is 4. The maximum atomic E-state index is 13.1. The molecule has 0 radical (unpaired) electrons. The van der Waals surface area contributed by atoms with Crippen LogP contribution in [-0.4, -0.2) is 38.7 Å². The first-order chi connectivity index (χ1) is 16.3. The predicted octanol–water partition coefficient (Wildman–Crippen LogP) is 3.64. The van der Waals surface area contributed by atoms with Gasteiger partial charge in [0.25, 0.3) is 11.5 Å². The van der Waals surface area contributed by atoms with Gasteiger partial charge in [0, 0.05) is 5.92 Å². The number of methoxy groups -OCH3 is 1. The number of thiophene rings is 1. The van der Waals surface area contributed by atoms with Crippen molar-refractivity contribution in [3.63, 3.8) is 0 Å². The molecule has 4 rings (SSSR count). The summed E-state index contributed by atoms with van der Waals surface area (Å²) in [5.74, 6) is -0.0620. The van der Waals surface area contributed by atoms with Crippen molar-refractivity contribution >= 4 is 55.5 Å². The van der Waals surface area contributed by atoms with Crippen molar-refractivity contribution in [2.75, 3.05) is 17.7 Å². The van der Waals surface area contributed by atoms with Crippen LogP contribution >= 0.6 is 22.7 Å². The van der Waals surface area contributed by atoms with Gasteiger partial charge in [-0.1, -0.05) is 37.3 Å². The number of hydrogen-bond donors (Lipinski definition) is 2. The van der Waals surface area contributed by atoms with Crippen LogP contribution < -0.4 is 20.9 Å². The van der Waals surface area contributed by atoms with Crippen LogP contribution in [0.3, 0.4) is 0 Å². The number of anilines is 2. The number of carbonyl (C=O) groups excluding carboxylic acids is 2. The van der Waals surface area contributed by atoms with Crippen molar-refractivity contribution in [2.45, 2.75) is 33.2 Å². The lowest BCUT2D eigenvalue weighted by Crippen LogP contribution is -2.27. The Bertz CT molecular complexity index is 1440. The predicted molar refractivity (Wildman–Crippen MR) is 132 cm³/mol. The lowest BCUT2D eigenvalue weighted by Gasteiger charge is -2.09. The fourth-order valence-electron chi connectivity index (χ4n) is 3.25. The van der Waals surface area contributed by atoms with Crippen LogP contribution in [0.5, 0.6) is 5.75 Å². The Labute approximate surface area is 202 Å². The number of benzene rings is 1. The molecule has 2 N–H and O–H groups in total. The van der Waals surface area contributed by atoms with Gasteiger partial charge < -0.3 is 10.1 Å². The quantitative estimate of drug-likeness (QED) is 0.398. The lowest BCUT2D eigenvalue weighted by molar-refractivity contribution is -0.116. The molecule has 12 heteroatoms. The third-order valence-corrected chi connectivity index (χ3v) is 7.31. The van der Waals surface area contributed by atoms with Crippen LogP contribution in [0.25, 0.3) is 10.2 Å². The minimum atomic E-state index is -0.420. The number of hydrogen-bond acceptors (Lipinski definition) is 9. The van der Waals surface area contributed by atoms with Gasteiger partial charge in [0.1, 0.15) is 22.1 Å². The summed E-state index contributed by atoms with van der Waals surface area (Å²) < 4.78 is 6.49. The van der Waals surface area contributed by atoms with Crippen molar-refractivity contribution in [2.24, 2.45) is 0 Å². The molecule has 0 saturated heterocycles. The standard InChI is InChI=1S/C22H22N6O4S2/c1-11(2)19-26-27-22(34-19)25-15(29)9-28-10-23-20-16(21(28)31)12(3)17(33-20)18(30)24-13-7-5-6-8-14(13)32-4/h5-8,10-11H,9H2,1-4H3,(H,24,30)(H,25,27,29). The van der Waals surface area contributed by atoms with E-state index in [1.807, 2.05) is 13.8 Å². The number of nitrogens with zero attached hydrogens (tertiary/aromatic N) is 4. The van der Waals surface area contributed by atoms with Crippen molar-refractivity contribution in [3.8, 4) is 5.75 Å². The molecule has 0 spiro atoms. The average molecular weight is 499 g/mol. The van der Waals surface area contributed by atoms with Crippen LogP contribution in [0.15, 0.2) is 35.4 Å². The molecule has 34 heavy (non-hydrogen) atoms. The molecule has 0 aliphatic carbocycles. The molecule has 0 aliphatic rings. The number of nitrogens with one attached hydrogen (secondary N) is 2. The smallest absolute Gasteiger partial charge is 0.266 e. The van der Waals surface area contributed by atoms with Crippen molar-refractivity contribution in [3.05, 3.63) is 56.4 Å². The van der Waals surface area contributed by atoms with Gasteiger partial charge in [-0.2, -0.15) is 0 Å². The number of para-hydroxylation sites is 2. The third-order valence-electron chi connectivity index (χ3n) is 4.97. The summed E-state index contributed by atoms with van der Waals surface area (Å²) in [4.78, 5) is 43.6. The molecule has 0 saturated carbocycles. The van der Waals surface area contributed by atoms with E-state index in [0.717, 1.165) is 16.3 Å². The number of ether oxygens (including phenoxy) is 1. The minimum Gasteiger partial charge on any atom is -0.495 e. The van der Waals surface area contributed by atoms with Crippen LogP contribution in [-0.2, 0) is 11.3 Å². The second kappa shape index (κ2) is 9.69. The molecular formula is C22H22N6O4S2. The van der Waals surface area contributed by atoms with Gasteiger partial charge in [-0.15, -0.1) is 21.5 Å². The van der Waals surface area contributed by atoms with E-state index in [2.05, 4.69) is 25.8 Å². The van der Waals surface area contributed by atoms with E-state index in [-0.39, 0.29) is 18.4 Å². The summed E-state index contributed by atoms with van der Waals surface area (Å²) in [5.41, 5.74) is 0.627. The Morgan fingerprint density at radius 2 is 1.91 bits per heavy atom. The van der Waals surface area contributed by atoms with Gasteiger partial charge >= 0.3 is 0 Å². The second-order valence-corrected chi connectivity index (χ2v) is 9.72. The van der Waals surface area contributed by atoms with E-state index in [4.69, 9.17) is 4.74 Å². The van der Waals surface area contributed by atoms with Gasteiger partial charge in [-0.25, -0.2) is 4.98 Å². The van der Waals surface area contributed by atoms with Crippen LogP contribution in [0.1, 0.15) is 40.0 Å². The number of aryl methyl sites for hydroxylation is 1. The van der Waals surface area contributed by atoms with E-state index in [0.29, 0.717) is 37.2 Å². The molecule has 0 fully saturated rings. The highest BCUT2D eigenvalue weighted by Gasteiger charge is 2.21. The van der Waals surface area contributed by atoms with E-state index < -0.39 is 11.5 Å². The normalized spacial score (nSPS) is 11.1. The zero-order chi connectivity index (χ0) is 24.4. The Morgan fingerprint density at radius 3 is 2.62 bits per heavy atom. The molecule has 0 bridgehead atoms. The summed E-state index contributed by atoms with van der Waals surface area (Å²) in [6.45, 7) is 5.43. The summed E-state index contributed by atoms with van der Waals surface area (Å²) in [5, 5.41) is 15.0. The number of amides is 2. The lowest BCUT2D eigenvalue weighted by atomic mass is 10.2. The number of rotatable bonds is 7. The number of fused-ring (bicyclic) bond motifs is 1. The molecular weight excluding hydrogens is 476 g/mol. The SMILES string of the molecule is COc1ccccc1NC(=O)c1sc2ncn(CC(=O)Nc3nnc(C(C)C)s3)c(=O)c2c1C. The Kier molecular flexibility index (Phi) is 6.70. The van der Waals surface area contributed by atoms with Crippen LogP contribution in [0.2, 0.25) is 0 Å². The fraction of sp³-hybridized carbons (Fsp3) is 0.273. The Hall–Kier alpha value is -3.64. The molecule has 0 aliphatic heterocycles. The van der Waals surface area contributed by atoms with E-state index in [1.165, 1.54) is 29.3 Å². The van der Waals surface area contributed by atoms with Gasteiger partial charge in [-0.3, -0.25) is 24.3 Å². The summed E-state index contributed by atoms with van der Waals surface area (Å²) >= 11 is 2.41. The van der Waals surface area contributed by atoms with Gasteiger partial charge in [0.05, 0.1) is 29.4 Å². The summed E-state index contributed by atoms with van der Waals surface area (Å²) in [6.07, 6.45) is 1.31. The zero-order valence-electron chi connectivity index (χ0n) is 18.9. The molecule has 0 atom stereocenters. The Morgan fingerprint density at radius 1 is 1.15 bits per heavy atom. The first kappa shape index (κ1) is 23.5. The molecule has 3 aromatic heterocycles. The van der Waals surface area contributed by atoms with Gasteiger partial charge in [-0.05, 0) is 24.6 Å². The van der Waals surface area contributed by atoms with Crippen LogP contribution in [0.4, 0.5) is 10.8 Å². The highest BCUT2D eigenvalue weighted by molar-refractivity contribution is 7.20. The van der Waals surface area contributed by atoms with E-state index >= 15 is 0 Å². The topological polar surface area (TPSA) is 128 Å². The molecule has 0 unspecified atom stereocenters. The highest BCUT2D eigenvalue weighted by Crippen LogP contribution is 2.29. The fourth-order valence-corrected chi connectivity index (χ4v) is 5.04. The molecule has 2 amide bonds. The monoisotopic (exact) mass is 498 g/mol. The molecule has 176 valence electrons. The maximum absolute atomic E-state index is 13.1. The largest absolute Gasteiger partial charge is 0.495 e. The first-order valence-corrected chi connectivity index (χ1v) is 12.0. The van der Waals surface area contributed by atoms with Gasteiger partial charge in [0.2, 0.25) is 11.0 Å². The third kappa shape index (κ3) is 4.68. The number of carbonyl (C=O) groups is 2. The van der Waals surface area contributed by atoms with E-state index in [1.54, 1.807) is 31.2 Å². The zero-order valence-corrected chi connectivity index (χ0v) is 20.5. The van der Waals surface area contributed by atoms with Gasteiger partial charge in [0.15, 0.2) is 0 Å². The molecule has 3 heterocycles. The molecule has 4 aromatic rings. The van der Waals surface area contributed by atoms with Crippen LogP contribution in [0, 0.1) is 6.92 Å². The second-order valence-electron chi connectivity index (χ2n) is 7.72.